The normalized spacial score (nSPS) is 14.3. The maximum Gasteiger partial charge on any atom is 0.200 e. The van der Waals surface area contributed by atoms with Crippen LogP contribution in [0, 0.1) is 5.92 Å². The summed E-state index contributed by atoms with van der Waals surface area (Å²) in [5.74, 6) is -2.79. The Morgan fingerprint density at radius 3 is 1.90 bits per heavy atom. The van der Waals surface area contributed by atoms with Crippen LogP contribution in [-0.2, 0) is 9.47 Å². The van der Waals surface area contributed by atoms with Crippen molar-refractivity contribution in [2.24, 2.45) is 5.92 Å². The summed E-state index contributed by atoms with van der Waals surface area (Å²) in [4.78, 5) is 0. The van der Waals surface area contributed by atoms with Crippen molar-refractivity contribution in [2.45, 2.75) is 53.6 Å². The molecule has 0 radical (unpaired) electrons. The highest BCUT2D eigenvalue weighted by Gasteiger charge is 2.19. The molecule has 0 aromatic heterocycles. The highest BCUT2D eigenvalue weighted by atomic mass is 19.2. The second-order valence-corrected chi connectivity index (χ2v) is 4.94. The summed E-state index contributed by atoms with van der Waals surface area (Å²) in [6, 6.07) is 0. The number of hydrogen-bond donors (Lipinski definition) is 0. The van der Waals surface area contributed by atoms with E-state index in [1.54, 1.807) is 6.92 Å². The molecule has 0 saturated heterocycles. The van der Waals surface area contributed by atoms with E-state index in [0.717, 1.165) is 6.42 Å². The van der Waals surface area contributed by atoms with E-state index >= 15 is 0 Å². The van der Waals surface area contributed by atoms with Crippen molar-refractivity contribution in [1.29, 1.82) is 0 Å². The van der Waals surface area contributed by atoms with E-state index in [-0.39, 0.29) is 23.4 Å². The summed E-state index contributed by atoms with van der Waals surface area (Å²) in [5.41, 5.74) is 0.0500. The molecule has 21 heavy (non-hydrogen) atoms. The van der Waals surface area contributed by atoms with Gasteiger partial charge >= 0.3 is 0 Å². The van der Waals surface area contributed by atoms with Gasteiger partial charge in [-0.05, 0) is 18.9 Å². The lowest BCUT2D eigenvalue weighted by atomic mass is 10.0. The van der Waals surface area contributed by atoms with E-state index in [0.29, 0.717) is 6.61 Å². The van der Waals surface area contributed by atoms with Crippen molar-refractivity contribution < 1.29 is 18.3 Å². The van der Waals surface area contributed by atoms with Crippen LogP contribution in [0.15, 0.2) is 36.1 Å². The van der Waals surface area contributed by atoms with Crippen LogP contribution in [0.2, 0.25) is 0 Å². The quantitative estimate of drug-likeness (QED) is 0.422. The van der Waals surface area contributed by atoms with Crippen molar-refractivity contribution in [2.75, 3.05) is 13.7 Å². The zero-order valence-corrected chi connectivity index (χ0v) is 14.3. The van der Waals surface area contributed by atoms with Crippen LogP contribution < -0.4 is 0 Å². The Hall–Kier alpha value is -1.16. The van der Waals surface area contributed by atoms with Gasteiger partial charge < -0.3 is 9.47 Å². The van der Waals surface area contributed by atoms with Crippen LogP contribution >= 0.6 is 0 Å². The Morgan fingerprint density at radius 2 is 1.52 bits per heavy atom. The molecule has 0 spiro atoms. The number of rotatable bonds is 8. The molecule has 0 aliphatic heterocycles. The molecule has 0 rings (SSSR count). The SMILES string of the molecule is C=C(OC)/C(F)=C(/F)C(=C)C(C)COC(C)CC.CCC. The molecule has 0 aliphatic carbocycles. The van der Waals surface area contributed by atoms with Gasteiger partial charge in [0.1, 0.15) is 5.76 Å². The van der Waals surface area contributed by atoms with E-state index in [9.17, 15) is 8.78 Å². The zero-order chi connectivity index (χ0) is 17.0. The van der Waals surface area contributed by atoms with Gasteiger partial charge in [0.05, 0.1) is 19.8 Å². The van der Waals surface area contributed by atoms with Gasteiger partial charge in [0.25, 0.3) is 0 Å². The van der Waals surface area contributed by atoms with Crippen LogP contribution in [0.5, 0.6) is 0 Å². The minimum absolute atomic E-state index is 0.0500. The molecule has 4 heteroatoms. The first-order chi connectivity index (χ1) is 9.76. The molecule has 0 aromatic carbocycles. The monoisotopic (exact) mass is 304 g/mol. The number of allylic oxidation sites excluding steroid dienone is 2. The van der Waals surface area contributed by atoms with Crippen molar-refractivity contribution in [3.05, 3.63) is 36.1 Å². The Kier molecular flexibility index (Phi) is 13.2. The minimum Gasteiger partial charge on any atom is -0.494 e. The number of methoxy groups -OCH3 is 1. The molecule has 2 unspecified atom stereocenters. The van der Waals surface area contributed by atoms with Gasteiger partial charge in [-0.2, -0.15) is 4.39 Å². The molecule has 2 nitrogen and oxygen atoms in total. The molecule has 0 amide bonds. The Labute approximate surface area is 128 Å². The number of hydrogen-bond acceptors (Lipinski definition) is 2. The van der Waals surface area contributed by atoms with Crippen LogP contribution in [0.1, 0.15) is 47.5 Å². The molecule has 0 aromatic rings. The molecule has 0 aliphatic rings. The van der Waals surface area contributed by atoms with Gasteiger partial charge in [-0.15, -0.1) is 0 Å². The first-order valence-corrected chi connectivity index (χ1v) is 7.35. The highest BCUT2D eigenvalue weighted by Crippen LogP contribution is 2.27. The summed E-state index contributed by atoms with van der Waals surface area (Å²) in [6.45, 7) is 17.0. The maximum atomic E-state index is 13.7. The van der Waals surface area contributed by atoms with Gasteiger partial charge in [-0.3, -0.25) is 0 Å². The Balaban J connectivity index is 0. The van der Waals surface area contributed by atoms with Crippen LogP contribution in [0.25, 0.3) is 0 Å². The maximum absolute atomic E-state index is 13.7. The standard InChI is InChI=1S/C14H22F2O2.C3H8/c1-7-10(3)18-8-9(2)11(4)13(15)14(16)12(5)17-6;1-3-2/h9-10H,4-5,7-8H2,1-3,6H3;3H2,1-2H3/b14-13-;. The fourth-order valence-electron chi connectivity index (χ4n) is 1.10. The number of halogens is 2. The lowest BCUT2D eigenvalue weighted by molar-refractivity contribution is 0.0485. The zero-order valence-electron chi connectivity index (χ0n) is 14.3. The second-order valence-electron chi connectivity index (χ2n) is 4.94. The summed E-state index contributed by atoms with van der Waals surface area (Å²) in [7, 11) is 1.23. The first-order valence-electron chi connectivity index (χ1n) is 7.35. The third-order valence-corrected chi connectivity index (χ3v) is 2.77. The van der Waals surface area contributed by atoms with Crippen molar-refractivity contribution in [3.8, 4) is 0 Å². The topological polar surface area (TPSA) is 18.5 Å². The second kappa shape index (κ2) is 12.6. The van der Waals surface area contributed by atoms with Gasteiger partial charge in [-0.25, -0.2) is 4.39 Å². The van der Waals surface area contributed by atoms with E-state index in [1.165, 1.54) is 13.5 Å². The fourth-order valence-corrected chi connectivity index (χ4v) is 1.10. The van der Waals surface area contributed by atoms with Gasteiger partial charge in [0.2, 0.25) is 0 Å². The first kappa shape index (κ1) is 22.1. The molecular formula is C17H30F2O2. The fraction of sp³-hybridized carbons (Fsp3) is 0.647. The van der Waals surface area contributed by atoms with Gasteiger partial charge in [0, 0.05) is 5.92 Å². The summed E-state index contributed by atoms with van der Waals surface area (Å²) in [6.07, 6.45) is 2.21. The molecule has 124 valence electrons. The summed E-state index contributed by atoms with van der Waals surface area (Å²) < 4.78 is 37.1. The molecule has 0 fully saturated rings. The molecule has 0 heterocycles. The third kappa shape index (κ3) is 9.40. The van der Waals surface area contributed by atoms with Crippen molar-refractivity contribution in [3.63, 3.8) is 0 Å². The molecule has 0 N–H and O–H groups in total. The predicted octanol–water partition coefficient (Wildman–Crippen LogP) is 5.72. The predicted molar refractivity (Wildman–Crippen MR) is 85.4 cm³/mol. The molecule has 0 bridgehead atoms. The minimum atomic E-state index is -1.11. The van der Waals surface area contributed by atoms with Crippen LogP contribution in [0.3, 0.4) is 0 Å². The Bertz CT molecular complexity index is 349. The van der Waals surface area contributed by atoms with E-state index < -0.39 is 11.7 Å². The molecule has 0 saturated carbocycles. The molecular weight excluding hydrogens is 274 g/mol. The van der Waals surface area contributed by atoms with Gasteiger partial charge in [0.15, 0.2) is 11.7 Å². The Morgan fingerprint density at radius 1 is 1.05 bits per heavy atom. The molecule has 2 atom stereocenters. The summed E-state index contributed by atoms with van der Waals surface area (Å²) >= 11 is 0. The average Bonchev–Trinajstić information content (AvgIpc) is 2.49. The van der Waals surface area contributed by atoms with Crippen LogP contribution in [-0.4, -0.2) is 19.8 Å². The lowest BCUT2D eigenvalue weighted by Gasteiger charge is -2.17. The highest BCUT2D eigenvalue weighted by molar-refractivity contribution is 5.33. The largest absolute Gasteiger partial charge is 0.494 e. The van der Waals surface area contributed by atoms with E-state index in [1.807, 2.05) is 13.8 Å². The summed E-state index contributed by atoms with van der Waals surface area (Å²) in [5, 5.41) is 0. The van der Waals surface area contributed by atoms with Gasteiger partial charge in [-0.1, -0.05) is 47.3 Å². The van der Waals surface area contributed by atoms with Crippen molar-refractivity contribution >= 4 is 0 Å². The van der Waals surface area contributed by atoms with E-state index in [2.05, 4.69) is 31.7 Å². The average molecular weight is 304 g/mol. The third-order valence-electron chi connectivity index (χ3n) is 2.77. The lowest BCUT2D eigenvalue weighted by Crippen LogP contribution is -2.15. The smallest absolute Gasteiger partial charge is 0.200 e. The van der Waals surface area contributed by atoms with Crippen molar-refractivity contribution in [1.82, 2.24) is 0 Å². The van der Waals surface area contributed by atoms with Crippen LogP contribution in [0.4, 0.5) is 8.78 Å². The van der Waals surface area contributed by atoms with E-state index in [4.69, 9.17) is 4.74 Å². The number of ether oxygens (including phenoxy) is 2.